The lowest BCUT2D eigenvalue weighted by Gasteiger charge is -2.46. The summed E-state index contributed by atoms with van der Waals surface area (Å²) >= 11 is 0. The molecule has 3 rings (SSSR count). The monoisotopic (exact) mass is 426 g/mol. The first-order valence-electron chi connectivity index (χ1n) is 10.2. The van der Waals surface area contributed by atoms with Crippen molar-refractivity contribution in [3.05, 3.63) is 72.8 Å². The molecule has 2 aromatic rings. The molecule has 0 bridgehead atoms. The number of benzene rings is 2. The van der Waals surface area contributed by atoms with Crippen molar-refractivity contribution in [3.8, 4) is 0 Å². The molecule has 1 aliphatic rings. The molecule has 0 fully saturated rings. The smallest absolute Gasteiger partial charge is 0.331 e. The molecule has 3 atom stereocenters. The SMILES string of the molecule is CC(C)(C)[Si](O[C@@H](C[C@@H]1C=CC(=O)O1)[C@H](O)CO)(c1ccccc1)c1ccccc1. The summed E-state index contributed by atoms with van der Waals surface area (Å²) in [7, 11) is -2.92. The van der Waals surface area contributed by atoms with Gasteiger partial charge in [-0.1, -0.05) is 81.4 Å². The Labute approximate surface area is 179 Å². The quantitative estimate of drug-likeness (QED) is 0.500. The molecule has 5 nitrogen and oxygen atoms in total. The molecule has 0 aromatic heterocycles. The van der Waals surface area contributed by atoms with Crippen LogP contribution in [0.1, 0.15) is 27.2 Å². The lowest BCUT2D eigenvalue weighted by Crippen LogP contribution is -2.68. The van der Waals surface area contributed by atoms with E-state index in [2.05, 4.69) is 45.0 Å². The number of rotatable bonds is 8. The van der Waals surface area contributed by atoms with Crippen LogP contribution in [0.15, 0.2) is 72.8 Å². The Hall–Kier alpha value is -2.25. The first kappa shape index (κ1) is 22.4. The van der Waals surface area contributed by atoms with Crippen LogP contribution < -0.4 is 10.4 Å². The van der Waals surface area contributed by atoms with Crippen molar-refractivity contribution < 1.29 is 24.2 Å². The molecule has 0 radical (unpaired) electrons. The van der Waals surface area contributed by atoms with E-state index in [0.717, 1.165) is 10.4 Å². The molecule has 30 heavy (non-hydrogen) atoms. The van der Waals surface area contributed by atoms with Gasteiger partial charge < -0.3 is 19.4 Å². The maximum atomic E-state index is 11.5. The van der Waals surface area contributed by atoms with Gasteiger partial charge in [-0.3, -0.25) is 0 Å². The second kappa shape index (κ2) is 9.26. The van der Waals surface area contributed by atoms with E-state index in [-0.39, 0.29) is 11.5 Å². The predicted molar refractivity (Wildman–Crippen MR) is 119 cm³/mol. The highest BCUT2D eigenvalue weighted by Crippen LogP contribution is 2.38. The van der Waals surface area contributed by atoms with E-state index in [1.54, 1.807) is 6.08 Å². The number of aliphatic hydroxyl groups is 2. The molecule has 1 heterocycles. The predicted octanol–water partition coefficient (Wildman–Crippen LogP) is 2.16. The van der Waals surface area contributed by atoms with Gasteiger partial charge in [0.2, 0.25) is 0 Å². The minimum atomic E-state index is -2.92. The van der Waals surface area contributed by atoms with Crippen LogP contribution in [0, 0.1) is 0 Å². The Morgan fingerprint density at radius 2 is 1.57 bits per heavy atom. The van der Waals surface area contributed by atoms with Crippen LogP contribution in [0.2, 0.25) is 5.04 Å². The molecule has 1 aliphatic heterocycles. The fourth-order valence-electron chi connectivity index (χ4n) is 4.09. The summed E-state index contributed by atoms with van der Waals surface area (Å²) < 4.78 is 12.2. The highest BCUT2D eigenvalue weighted by Gasteiger charge is 2.52. The minimum absolute atomic E-state index is 0.272. The second-order valence-electron chi connectivity index (χ2n) is 8.64. The molecule has 0 aliphatic carbocycles. The molecular formula is C24H30O5Si. The van der Waals surface area contributed by atoms with E-state index >= 15 is 0 Å². The lowest BCUT2D eigenvalue weighted by atomic mass is 10.1. The van der Waals surface area contributed by atoms with Gasteiger partial charge in [-0.2, -0.15) is 0 Å². The number of hydrogen-bond donors (Lipinski definition) is 2. The third-order valence-corrected chi connectivity index (χ3v) is 10.6. The fourth-order valence-corrected chi connectivity index (χ4v) is 8.81. The highest BCUT2D eigenvalue weighted by atomic mass is 28.4. The maximum absolute atomic E-state index is 11.5. The minimum Gasteiger partial charge on any atom is -0.455 e. The normalized spacial score (nSPS) is 18.8. The summed E-state index contributed by atoms with van der Waals surface area (Å²) in [6.07, 6.45) is 1.04. The van der Waals surface area contributed by atoms with Gasteiger partial charge in [0.05, 0.1) is 12.7 Å². The summed E-state index contributed by atoms with van der Waals surface area (Å²) in [5.41, 5.74) is 0. The number of cyclic esters (lactones) is 1. The first-order chi connectivity index (χ1) is 14.3. The van der Waals surface area contributed by atoms with Gasteiger partial charge in [-0.15, -0.1) is 0 Å². The molecule has 6 heteroatoms. The molecule has 2 aromatic carbocycles. The van der Waals surface area contributed by atoms with Crippen LogP contribution in [-0.2, 0) is 14.0 Å². The highest BCUT2D eigenvalue weighted by molar-refractivity contribution is 6.99. The number of esters is 1. The first-order valence-corrected chi connectivity index (χ1v) is 12.2. The van der Waals surface area contributed by atoms with Crippen LogP contribution in [0.4, 0.5) is 0 Å². The summed E-state index contributed by atoms with van der Waals surface area (Å²) in [5, 5.41) is 22.3. The second-order valence-corrected chi connectivity index (χ2v) is 12.9. The van der Waals surface area contributed by atoms with Gasteiger partial charge in [-0.25, -0.2) is 4.79 Å². The van der Waals surface area contributed by atoms with Crippen LogP contribution in [-0.4, -0.2) is 49.4 Å². The van der Waals surface area contributed by atoms with E-state index < -0.39 is 39.2 Å². The summed E-state index contributed by atoms with van der Waals surface area (Å²) in [5.74, 6) is -0.400. The number of carbonyl (C=O) groups is 1. The van der Waals surface area contributed by atoms with Gasteiger partial charge in [0, 0.05) is 12.5 Å². The Kier molecular flexibility index (Phi) is 6.93. The number of hydrogen-bond acceptors (Lipinski definition) is 5. The summed E-state index contributed by atoms with van der Waals surface area (Å²) in [6.45, 7) is 6.01. The van der Waals surface area contributed by atoms with Crippen molar-refractivity contribution in [2.75, 3.05) is 6.61 Å². The van der Waals surface area contributed by atoms with E-state index in [4.69, 9.17) is 9.16 Å². The van der Waals surface area contributed by atoms with Gasteiger partial charge in [-0.05, 0) is 21.5 Å². The van der Waals surface area contributed by atoms with Crippen molar-refractivity contribution >= 4 is 24.7 Å². The number of ether oxygens (including phenoxy) is 1. The zero-order chi connectivity index (χ0) is 21.8. The molecule has 0 unspecified atom stereocenters. The molecule has 0 spiro atoms. The molecule has 0 amide bonds. The van der Waals surface area contributed by atoms with E-state index in [0.29, 0.717) is 0 Å². The third kappa shape index (κ3) is 4.57. The van der Waals surface area contributed by atoms with E-state index in [9.17, 15) is 15.0 Å². The third-order valence-electron chi connectivity index (χ3n) is 5.54. The van der Waals surface area contributed by atoms with Crippen molar-refractivity contribution in [3.63, 3.8) is 0 Å². The van der Waals surface area contributed by atoms with Gasteiger partial charge >= 0.3 is 5.97 Å². The number of aliphatic hydroxyl groups excluding tert-OH is 2. The van der Waals surface area contributed by atoms with Gasteiger partial charge in [0.15, 0.2) is 0 Å². The standard InChI is InChI=1S/C24H30O5Si/c1-24(2,3)30(19-10-6-4-7-11-19,20-12-8-5-9-13-20)29-22(21(26)17-25)16-18-14-15-23(27)28-18/h4-15,18,21-22,25-26H,16-17H2,1-3H3/t18-,21+,22-/m0/s1. The molecule has 2 N–H and O–H groups in total. The molecule has 0 saturated heterocycles. The van der Waals surface area contributed by atoms with Gasteiger partial charge in [0.25, 0.3) is 8.32 Å². The lowest BCUT2D eigenvalue weighted by molar-refractivity contribution is -0.140. The topological polar surface area (TPSA) is 76.0 Å². The van der Waals surface area contributed by atoms with Crippen LogP contribution in [0.5, 0.6) is 0 Å². The van der Waals surface area contributed by atoms with Crippen molar-refractivity contribution in [1.82, 2.24) is 0 Å². The average molecular weight is 427 g/mol. The van der Waals surface area contributed by atoms with Gasteiger partial charge in [0.1, 0.15) is 12.2 Å². The summed E-state index contributed by atoms with van der Waals surface area (Å²) in [6, 6.07) is 20.2. The van der Waals surface area contributed by atoms with Crippen LogP contribution >= 0.6 is 0 Å². The zero-order valence-corrected chi connectivity index (χ0v) is 18.7. The molecule has 0 saturated carbocycles. The van der Waals surface area contributed by atoms with Crippen LogP contribution in [0.3, 0.4) is 0 Å². The maximum Gasteiger partial charge on any atom is 0.331 e. The Bertz CT molecular complexity index is 821. The number of carbonyl (C=O) groups excluding carboxylic acids is 1. The Balaban J connectivity index is 2.10. The van der Waals surface area contributed by atoms with Crippen molar-refractivity contribution in [2.45, 2.75) is 50.5 Å². The van der Waals surface area contributed by atoms with Crippen LogP contribution in [0.25, 0.3) is 0 Å². The van der Waals surface area contributed by atoms with Crippen molar-refractivity contribution in [2.24, 2.45) is 0 Å². The Morgan fingerprint density at radius 3 is 1.97 bits per heavy atom. The van der Waals surface area contributed by atoms with Crippen molar-refractivity contribution in [1.29, 1.82) is 0 Å². The summed E-state index contributed by atoms with van der Waals surface area (Å²) in [4.78, 5) is 11.5. The molecule has 160 valence electrons. The van der Waals surface area contributed by atoms with E-state index in [1.165, 1.54) is 6.08 Å². The Morgan fingerprint density at radius 1 is 1.03 bits per heavy atom. The molecular weight excluding hydrogens is 396 g/mol. The van der Waals surface area contributed by atoms with E-state index in [1.807, 2.05) is 36.4 Å². The average Bonchev–Trinajstić information content (AvgIpc) is 3.15. The zero-order valence-electron chi connectivity index (χ0n) is 17.7. The largest absolute Gasteiger partial charge is 0.455 e. The fraction of sp³-hybridized carbons (Fsp3) is 0.375.